The summed E-state index contributed by atoms with van der Waals surface area (Å²) in [7, 11) is 0. The van der Waals surface area contributed by atoms with Gasteiger partial charge in [-0.15, -0.1) is 0 Å². The molecule has 2 N–H and O–H groups in total. The Hall–Kier alpha value is -3.42. The minimum atomic E-state index is -0.983. The van der Waals surface area contributed by atoms with E-state index in [0.717, 1.165) is 38.5 Å². The lowest BCUT2D eigenvalue weighted by atomic mass is 10.0. The van der Waals surface area contributed by atoms with Gasteiger partial charge in [0.1, 0.15) is 13.2 Å². The second-order valence-corrected chi connectivity index (χ2v) is 13.4. The summed E-state index contributed by atoms with van der Waals surface area (Å²) in [5, 5.41) is 19.6. The van der Waals surface area contributed by atoms with E-state index in [4.69, 9.17) is 18.9 Å². The van der Waals surface area contributed by atoms with E-state index < -0.39 is 24.1 Å². The highest BCUT2D eigenvalue weighted by Gasteiger charge is 2.22. The number of carboxylic acids is 2. The molecule has 2 rings (SSSR count). The quantitative estimate of drug-likeness (QED) is 0.0708. The standard InChI is InChI=1S/C42H66O8/c1-3-5-7-9-11-13-15-17-19-21-31-39(41(43)44)49-37-29-25-23-27-35(37)47-33-34-48-36-28-24-26-30-38(36)50-40(42(45)46)32-22-20-18-16-14-12-10-8-6-4-2/h23-30,39-40H,3-22,31-34H2,1-2H3,(H,43,44)(H,45,46). The van der Waals surface area contributed by atoms with Crippen molar-refractivity contribution in [1.82, 2.24) is 0 Å². The average molecular weight is 699 g/mol. The predicted octanol–water partition coefficient (Wildman–Crippen LogP) is 11.4. The van der Waals surface area contributed by atoms with E-state index in [9.17, 15) is 19.8 Å². The Morgan fingerprint density at radius 3 is 1.04 bits per heavy atom. The summed E-state index contributed by atoms with van der Waals surface area (Å²) in [5.74, 6) is -0.319. The molecule has 50 heavy (non-hydrogen) atoms. The second kappa shape index (κ2) is 28.3. The molecule has 0 heterocycles. The maximum absolute atomic E-state index is 12.0. The lowest BCUT2D eigenvalue weighted by molar-refractivity contribution is -0.146. The Labute approximate surface area is 302 Å². The van der Waals surface area contributed by atoms with Crippen LogP contribution in [0.15, 0.2) is 48.5 Å². The van der Waals surface area contributed by atoms with Gasteiger partial charge in [0, 0.05) is 0 Å². The first kappa shape index (κ1) is 42.7. The molecule has 0 bridgehead atoms. The molecule has 2 aromatic carbocycles. The third kappa shape index (κ3) is 19.7. The Morgan fingerprint density at radius 2 is 0.740 bits per heavy atom. The normalized spacial score (nSPS) is 12.3. The van der Waals surface area contributed by atoms with E-state index in [2.05, 4.69) is 13.8 Å². The van der Waals surface area contributed by atoms with Crippen molar-refractivity contribution >= 4 is 11.9 Å². The number of para-hydroxylation sites is 4. The van der Waals surface area contributed by atoms with Crippen molar-refractivity contribution < 1.29 is 38.7 Å². The lowest BCUT2D eigenvalue weighted by Gasteiger charge is -2.19. The van der Waals surface area contributed by atoms with Gasteiger partial charge in [0.15, 0.2) is 35.2 Å². The van der Waals surface area contributed by atoms with Crippen LogP contribution in [0.25, 0.3) is 0 Å². The molecule has 0 spiro atoms. The Morgan fingerprint density at radius 1 is 0.460 bits per heavy atom. The van der Waals surface area contributed by atoms with Gasteiger partial charge in [0.2, 0.25) is 0 Å². The molecule has 0 aliphatic heterocycles. The third-order valence-corrected chi connectivity index (χ3v) is 9.03. The van der Waals surface area contributed by atoms with Gasteiger partial charge in [0.25, 0.3) is 0 Å². The predicted molar refractivity (Wildman–Crippen MR) is 201 cm³/mol. The fraction of sp³-hybridized carbons (Fsp3) is 0.667. The van der Waals surface area contributed by atoms with Crippen LogP contribution in [-0.4, -0.2) is 47.6 Å². The number of benzene rings is 2. The van der Waals surface area contributed by atoms with Crippen molar-refractivity contribution in [2.24, 2.45) is 0 Å². The molecule has 0 aromatic heterocycles. The number of unbranched alkanes of at least 4 members (excludes halogenated alkanes) is 18. The maximum Gasteiger partial charge on any atom is 0.344 e. The van der Waals surface area contributed by atoms with Crippen molar-refractivity contribution in [2.75, 3.05) is 13.2 Å². The van der Waals surface area contributed by atoms with Crippen LogP contribution >= 0.6 is 0 Å². The van der Waals surface area contributed by atoms with E-state index in [-0.39, 0.29) is 13.2 Å². The molecule has 0 saturated heterocycles. The largest absolute Gasteiger partial charge is 0.486 e. The molecular formula is C42H66O8. The highest BCUT2D eigenvalue weighted by molar-refractivity contribution is 5.73. The number of carboxylic acid groups (broad SMARTS) is 2. The van der Waals surface area contributed by atoms with Gasteiger partial charge in [-0.05, 0) is 49.9 Å². The van der Waals surface area contributed by atoms with Gasteiger partial charge in [-0.3, -0.25) is 0 Å². The summed E-state index contributed by atoms with van der Waals surface area (Å²) >= 11 is 0. The van der Waals surface area contributed by atoms with E-state index >= 15 is 0 Å². The van der Waals surface area contributed by atoms with Gasteiger partial charge < -0.3 is 29.2 Å². The molecule has 282 valence electrons. The average Bonchev–Trinajstić information content (AvgIpc) is 3.11. The molecule has 2 aromatic rings. The van der Waals surface area contributed by atoms with Crippen molar-refractivity contribution in [3.05, 3.63) is 48.5 Å². The van der Waals surface area contributed by atoms with Crippen molar-refractivity contribution in [3.63, 3.8) is 0 Å². The van der Waals surface area contributed by atoms with E-state index in [1.807, 2.05) is 12.1 Å². The first-order valence-corrected chi connectivity index (χ1v) is 19.7. The van der Waals surface area contributed by atoms with Gasteiger partial charge in [0.05, 0.1) is 0 Å². The fourth-order valence-electron chi connectivity index (χ4n) is 6.04. The number of aliphatic carboxylic acids is 2. The minimum absolute atomic E-state index is 0.172. The minimum Gasteiger partial charge on any atom is -0.486 e. The summed E-state index contributed by atoms with van der Waals surface area (Å²) in [6.07, 6.45) is 22.7. The van der Waals surface area contributed by atoms with Crippen LogP contribution in [0.4, 0.5) is 0 Å². The third-order valence-electron chi connectivity index (χ3n) is 9.03. The van der Waals surface area contributed by atoms with Crippen molar-refractivity contribution in [1.29, 1.82) is 0 Å². The monoisotopic (exact) mass is 698 g/mol. The maximum atomic E-state index is 12.0. The Balaban J connectivity index is 1.76. The van der Waals surface area contributed by atoms with E-state index in [1.54, 1.807) is 36.4 Å². The molecule has 0 aliphatic rings. The number of hydrogen-bond donors (Lipinski definition) is 2. The molecular weight excluding hydrogens is 632 g/mol. The number of rotatable bonds is 33. The summed E-state index contributed by atoms with van der Waals surface area (Å²) < 4.78 is 23.7. The molecule has 0 fully saturated rings. The van der Waals surface area contributed by atoms with E-state index in [0.29, 0.717) is 35.8 Å². The van der Waals surface area contributed by atoms with Crippen LogP contribution in [0, 0.1) is 0 Å². The van der Waals surface area contributed by atoms with Crippen molar-refractivity contribution in [2.45, 2.75) is 167 Å². The second-order valence-electron chi connectivity index (χ2n) is 13.4. The van der Waals surface area contributed by atoms with Crippen molar-refractivity contribution in [3.8, 4) is 23.0 Å². The highest BCUT2D eigenvalue weighted by Crippen LogP contribution is 2.30. The van der Waals surface area contributed by atoms with E-state index in [1.165, 1.54) is 89.9 Å². The van der Waals surface area contributed by atoms with Gasteiger partial charge in [-0.25, -0.2) is 9.59 Å². The van der Waals surface area contributed by atoms with Crippen LogP contribution < -0.4 is 18.9 Å². The topological polar surface area (TPSA) is 112 Å². The molecule has 8 heteroatoms. The smallest absolute Gasteiger partial charge is 0.344 e. The first-order valence-electron chi connectivity index (χ1n) is 19.7. The Bertz CT molecular complexity index is 1060. The number of hydrogen-bond acceptors (Lipinski definition) is 6. The zero-order chi connectivity index (χ0) is 36.1. The molecule has 0 saturated carbocycles. The van der Waals surface area contributed by atoms with Crippen LogP contribution in [-0.2, 0) is 9.59 Å². The zero-order valence-corrected chi connectivity index (χ0v) is 31.1. The molecule has 0 radical (unpaired) electrons. The lowest BCUT2D eigenvalue weighted by Crippen LogP contribution is -2.27. The zero-order valence-electron chi connectivity index (χ0n) is 31.1. The Kier molecular flexibility index (Phi) is 24.2. The van der Waals surface area contributed by atoms with Crippen LogP contribution in [0.5, 0.6) is 23.0 Å². The van der Waals surface area contributed by atoms with Gasteiger partial charge in [-0.1, -0.05) is 154 Å². The molecule has 8 nitrogen and oxygen atoms in total. The summed E-state index contributed by atoms with van der Waals surface area (Å²) in [4.78, 5) is 24.0. The van der Waals surface area contributed by atoms with Crippen LogP contribution in [0.3, 0.4) is 0 Å². The summed E-state index contributed by atoms with van der Waals surface area (Å²) in [6.45, 7) is 4.81. The number of carbonyl (C=O) groups is 2. The van der Waals surface area contributed by atoms with Gasteiger partial charge in [-0.2, -0.15) is 0 Å². The fourth-order valence-corrected chi connectivity index (χ4v) is 6.04. The van der Waals surface area contributed by atoms with Gasteiger partial charge >= 0.3 is 11.9 Å². The van der Waals surface area contributed by atoms with Crippen LogP contribution in [0.1, 0.15) is 155 Å². The first-order chi connectivity index (χ1) is 24.5. The number of ether oxygens (including phenoxy) is 4. The SMILES string of the molecule is CCCCCCCCCCCCC(Oc1ccccc1OCCOc1ccccc1OC(CCCCCCCCCCCC)C(=O)O)C(=O)O. The summed E-state index contributed by atoms with van der Waals surface area (Å²) in [6, 6.07) is 14.1. The molecule has 2 atom stereocenters. The molecule has 0 aliphatic carbocycles. The van der Waals surface area contributed by atoms with Crippen LogP contribution in [0.2, 0.25) is 0 Å². The summed E-state index contributed by atoms with van der Waals surface area (Å²) in [5.41, 5.74) is 0. The highest BCUT2D eigenvalue weighted by atomic mass is 16.6. The molecule has 0 amide bonds. The molecule has 2 unspecified atom stereocenters.